The minimum atomic E-state index is 0.0137. The average Bonchev–Trinajstić information content (AvgIpc) is 2.98. The lowest BCUT2D eigenvalue weighted by atomic mass is 10.1. The molecule has 0 saturated carbocycles. The predicted molar refractivity (Wildman–Crippen MR) is 73.7 cm³/mol. The van der Waals surface area contributed by atoms with Gasteiger partial charge in [-0.1, -0.05) is 13.0 Å². The third-order valence-electron chi connectivity index (χ3n) is 2.94. The minimum absolute atomic E-state index is 0.0137. The number of benzene rings is 1. The molecule has 0 radical (unpaired) electrons. The number of imidazole rings is 1. The molecule has 5 heteroatoms. The molecular formula is C14H19N3O2. The number of aromatic nitrogens is 2. The summed E-state index contributed by atoms with van der Waals surface area (Å²) < 4.78 is 10.6. The lowest BCUT2D eigenvalue weighted by Gasteiger charge is -2.18. The van der Waals surface area contributed by atoms with Crippen molar-refractivity contribution in [1.29, 1.82) is 0 Å². The molecule has 2 N–H and O–H groups in total. The van der Waals surface area contributed by atoms with Crippen molar-refractivity contribution in [2.75, 3.05) is 20.8 Å². The highest BCUT2D eigenvalue weighted by molar-refractivity contribution is 5.44. The second-order valence-electron chi connectivity index (χ2n) is 4.08. The van der Waals surface area contributed by atoms with Gasteiger partial charge in [0, 0.05) is 12.4 Å². The highest BCUT2D eigenvalue weighted by Crippen LogP contribution is 2.31. The van der Waals surface area contributed by atoms with Gasteiger partial charge in [-0.3, -0.25) is 0 Å². The second-order valence-corrected chi connectivity index (χ2v) is 4.08. The molecule has 0 fully saturated rings. The van der Waals surface area contributed by atoms with Crippen LogP contribution in [0.15, 0.2) is 30.6 Å². The Kier molecular flexibility index (Phi) is 4.41. The van der Waals surface area contributed by atoms with Crippen LogP contribution in [0.4, 0.5) is 0 Å². The fourth-order valence-electron chi connectivity index (χ4n) is 2.04. The Balaban J connectivity index is 2.37. The van der Waals surface area contributed by atoms with Crippen LogP contribution in [0.5, 0.6) is 11.5 Å². The zero-order chi connectivity index (χ0) is 13.7. The number of H-pyrrole nitrogens is 1. The lowest BCUT2D eigenvalue weighted by Crippen LogP contribution is -2.23. The topological polar surface area (TPSA) is 59.2 Å². The Morgan fingerprint density at radius 2 is 2.05 bits per heavy atom. The fourth-order valence-corrected chi connectivity index (χ4v) is 2.04. The maximum atomic E-state index is 5.34. The SMILES string of the molecule is CCNC(c1ccc(OC)c(OC)c1)c1ncc[nH]1. The Labute approximate surface area is 113 Å². The first-order chi connectivity index (χ1) is 9.30. The highest BCUT2D eigenvalue weighted by atomic mass is 16.5. The van der Waals surface area contributed by atoms with Crippen LogP contribution in [0.1, 0.15) is 24.4 Å². The second kappa shape index (κ2) is 6.24. The van der Waals surface area contributed by atoms with Crippen molar-refractivity contribution in [3.63, 3.8) is 0 Å². The van der Waals surface area contributed by atoms with E-state index in [1.54, 1.807) is 20.4 Å². The molecule has 0 saturated heterocycles. The van der Waals surface area contributed by atoms with E-state index in [4.69, 9.17) is 9.47 Å². The number of methoxy groups -OCH3 is 2. The van der Waals surface area contributed by atoms with E-state index in [0.717, 1.165) is 29.4 Å². The van der Waals surface area contributed by atoms with Gasteiger partial charge in [-0.05, 0) is 24.2 Å². The van der Waals surface area contributed by atoms with Gasteiger partial charge < -0.3 is 19.8 Å². The van der Waals surface area contributed by atoms with Crippen LogP contribution in [0.3, 0.4) is 0 Å². The van der Waals surface area contributed by atoms with Gasteiger partial charge in [0.1, 0.15) is 5.82 Å². The summed E-state index contributed by atoms with van der Waals surface area (Å²) in [4.78, 5) is 7.46. The van der Waals surface area contributed by atoms with Gasteiger partial charge in [-0.25, -0.2) is 4.98 Å². The maximum absolute atomic E-state index is 5.34. The van der Waals surface area contributed by atoms with Gasteiger partial charge in [-0.2, -0.15) is 0 Å². The van der Waals surface area contributed by atoms with Crippen LogP contribution < -0.4 is 14.8 Å². The molecule has 1 unspecified atom stereocenters. The van der Waals surface area contributed by atoms with E-state index in [-0.39, 0.29) is 6.04 Å². The van der Waals surface area contributed by atoms with Crippen molar-refractivity contribution in [3.8, 4) is 11.5 Å². The number of rotatable bonds is 6. The monoisotopic (exact) mass is 261 g/mol. The molecule has 0 amide bonds. The van der Waals surface area contributed by atoms with Crippen LogP contribution in [-0.2, 0) is 0 Å². The summed E-state index contributed by atoms with van der Waals surface area (Å²) in [7, 11) is 3.27. The highest BCUT2D eigenvalue weighted by Gasteiger charge is 2.17. The summed E-state index contributed by atoms with van der Waals surface area (Å²) in [5.41, 5.74) is 1.08. The molecule has 0 aliphatic rings. The molecule has 1 aromatic carbocycles. The minimum Gasteiger partial charge on any atom is -0.493 e. The molecule has 102 valence electrons. The predicted octanol–water partition coefficient (Wildman–Crippen LogP) is 2.13. The Hall–Kier alpha value is -2.01. The average molecular weight is 261 g/mol. The molecule has 0 aliphatic carbocycles. The van der Waals surface area contributed by atoms with Crippen LogP contribution >= 0.6 is 0 Å². The van der Waals surface area contributed by atoms with Crippen LogP contribution in [0.25, 0.3) is 0 Å². The van der Waals surface area contributed by atoms with Gasteiger partial charge >= 0.3 is 0 Å². The Bertz CT molecular complexity index is 511. The van der Waals surface area contributed by atoms with Crippen LogP contribution in [0.2, 0.25) is 0 Å². The Morgan fingerprint density at radius 3 is 2.63 bits per heavy atom. The van der Waals surface area contributed by atoms with Crippen LogP contribution in [-0.4, -0.2) is 30.7 Å². The van der Waals surface area contributed by atoms with Gasteiger partial charge in [0.25, 0.3) is 0 Å². The molecule has 2 aromatic rings. The molecule has 2 rings (SSSR count). The normalized spacial score (nSPS) is 12.2. The number of nitrogens with one attached hydrogen (secondary N) is 2. The van der Waals surface area contributed by atoms with E-state index in [0.29, 0.717) is 0 Å². The number of ether oxygens (including phenoxy) is 2. The van der Waals surface area contributed by atoms with Gasteiger partial charge in [0.05, 0.1) is 20.3 Å². The smallest absolute Gasteiger partial charge is 0.161 e. The molecular weight excluding hydrogens is 242 g/mol. The number of aromatic amines is 1. The number of nitrogens with zero attached hydrogens (tertiary/aromatic N) is 1. The van der Waals surface area contributed by atoms with E-state index in [1.807, 2.05) is 24.4 Å². The van der Waals surface area contributed by atoms with Crippen molar-refractivity contribution in [3.05, 3.63) is 42.0 Å². The molecule has 1 atom stereocenters. The largest absolute Gasteiger partial charge is 0.493 e. The summed E-state index contributed by atoms with van der Waals surface area (Å²) in [6, 6.07) is 5.90. The quantitative estimate of drug-likeness (QED) is 0.836. The third kappa shape index (κ3) is 2.88. The number of hydrogen-bond donors (Lipinski definition) is 2. The summed E-state index contributed by atoms with van der Waals surface area (Å²) in [6.07, 6.45) is 3.57. The molecule has 0 spiro atoms. The van der Waals surface area contributed by atoms with Gasteiger partial charge in [0.15, 0.2) is 11.5 Å². The van der Waals surface area contributed by atoms with Crippen molar-refractivity contribution in [2.45, 2.75) is 13.0 Å². The van der Waals surface area contributed by atoms with E-state index < -0.39 is 0 Å². The van der Waals surface area contributed by atoms with E-state index in [2.05, 4.69) is 22.2 Å². The first-order valence-corrected chi connectivity index (χ1v) is 6.24. The van der Waals surface area contributed by atoms with Crippen LogP contribution in [0, 0.1) is 0 Å². The third-order valence-corrected chi connectivity index (χ3v) is 2.94. The first-order valence-electron chi connectivity index (χ1n) is 6.24. The van der Waals surface area contributed by atoms with E-state index >= 15 is 0 Å². The summed E-state index contributed by atoms with van der Waals surface area (Å²) >= 11 is 0. The molecule has 0 bridgehead atoms. The molecule has 1 heterocycles. The summed E-state index contributed by atoms with van der Waals surface area (Å²) in [5.74, 6) is 2.32. The summed E-state index contributed by atoms with van der Waals surface area (Å²) in [5, 5.41) is 3.40. The fraction of sp³-hybridized carbons (Fsp3) is 0.357. The maximum Gasteiger partial charge on any atom is 0.161 e. The van der Waals surface area contributed by atoms with Crippen molar-refractivity contribution < 1.29 is 9.47 Å². The van der Waals surface area contributed by atoms with Crippen molar-refractivity contribution in [2.24, 2.45) is 0 Å². The zero-order valence-electron chi connectivity index (χ0n) is 11.4. The molecule has 0 aliphatic heterocycles. The molecule has 19 heavy (non-hydrogen) atoms. The first kappa shape index (κ1) is 13.4. The summed E-state index contributed by atoms with van der Waals surface area (Å²) in [6.45, 7) is 2.91. The van der Waals surface area contributed by atoms with Crippen molar-refractivity contribution >= 4 is 0 Å². The van der Waals surface area contributed by atoms with E-state index in [9.17, 15) is 0 Å². The molecule has 5 nitrogen and oxygen atoms in total. The van der Waals surface area contributed by atoms with Crippen molar-refractivity contribution in [1.82, 2.24) is 15.3 Å². The number of hydrogen-bond acceptors (Lipinski definition) is 4. The van der Waals surface area contributed by atoms with E-state index in [1.165, 1.54) is 0 Å². The lowest BCUT2D eigenvalue weighted by molar-refractivity contribution is 0.354. The molecule has 1 aromatic heterocycles. The van der Waals surface area contributed by atoms with Gasteiger partial charge in [0.2, 0.25) is 0 Å². The zero-order valence-corrected chi connectivity index (χ0v) is 11.4. The standard InChI is InChI=1S/C14H19N3O2/c1-4-15-13(14-16-7-8-17-14)10-5-6-11(18-2)12(9-10)19-3/h5-9,13,15H,4H2,1-3H3,(H,16,17). The Morgan fingerprint density at radius 1 is 1.26 bits per heavy atom. The van der Waals surface area contributed by atoms with Gasteiger partial charge in [-0.15, -0.1) is 0 Å².